The molecule has 0 N–H and O–H groups in total. The van der Waals surface area contributed by atoms with Gasteiger partial charge in [0.1, 0.15) is 11.9 Å². The molecule has 0 radical (unpaired) electrons. The average Bonchev–Trinajstić information content (AvgIpc) is 3.10. The molecule has 2 aliphatic heterocycles. The molecule has 136 valence electrons. The van der Waals surface area contributed by atoms with Gasteiger partial charge in [-0.1, -0.05) is 6.07 Å². The van der Waals surface area contributed by atoms with Gasteiger partial charge < -0.3 is 19.1 Å². The van der Waals surface area contributed by atoms with Crippen molar-refractivity contribution in [1.29, 1.82) is 0 Å². The molecule has 4 rings (SSSR count). The number of aryl methyl sites for hydroxylation is 1. The number of nitrogens with zero attached hydrogens (tertiary/aromatic N) is 3. The third-order valence-corrected chi connectivity index (χ3v) is 4.62. The highest BCUT2D eigenvalue weighted by atomic mass is 16.7. The molecule has 2 aromatic rings. The first-order valence-corrected chi connectivity index (χ1v) is 8.80. The maximum Gasteiger partial charge on any atom is 0.231 e. The summed E-state index contributed by atoms with van der Waals surface area (Å²) in [4.78, 5) is 22.8. The van der Waals surface area contributed by atoms with E-state index in [0.29, 0.717) is 37.0 Å². The molecule has 7 nitrogen and oxygen atoms in total. The number of rotatable bonds is 4. The third kappa shape index (κ3) is 3.71. The number of ether oxygens (including phenoxy) is 3. The Hall–Kier alpha value is -2.83. The Labute approximate surface area is 151 Å². The van der Waals surface area contributed by atoms with Crippen molar-refractivity contribution < 1.29 is 19.0 Å². The van der Waals surface area contributed by atoms with Crippen LogP contribution in [-0.2, 0) is 11.2 Å². The van der Waals surface area contributed by atoms with Gasteiger partial charge in [-0.2, -0.15) is 4.98 Å². The van der Waals surface area contributed by atoms with Gasteiger partial charge >= 0.3 is 0 Å². The molecule has 3 heterocycles. The maximum absolute atomic E-state index is 12.6. The van der Waals surface area contributed by atoms with Crippen LogP contribution in [0.15, 0.2) is 30.5 Å². The van der Waals surface area contributed by atoms with Gasteiger partial charge in [0, 0.05) is 38.2 Å². The fourth-order valence-corrected chi connectivity index (χ4v) is 3.23. The molecule has 1 aromatic heterocycles. The highest BCUT2D eigenvalue weighted by molar-refractivity contribution is 5.79. The minimum absolute atomic E-state index is 0.0823. The van der Waals surface area contributed by atoms with Gasteiger partial charge in [0.2, 0.25) is 18.6 Å². The van der Waals surface area contributed by atoms with E-state index < -0.39 is 0 Å². The second kappa shape index (κ2) is 7.19. The van der Waals surface area contributed by atoms with E-state index in [1.165, 1.54) is 0 Å². The van der Waals surface area contributed by atoms with Crippen molar-refractivity contribution in [3.8, 4) is 17.4 Å². The lowest BCUT2D eigenvalue weighted by Gasteiger charge is -2.32. The van der Waals surface area contributed by atoms with Gasteiger partial charge in [0.05, 0.1) is 6.42 Å². The van der Waals surface area contributed by atoms with Crippen LogP contribution in [0.25, 0.3) is 0 Å². The topological polar surface area (TPSA) is 73.8 Å². The first-order chi connectivity index (χ1) is 12.7. The minimum atomic E-state index is 0.0823. The van der Waals surface area contributed by atoms with Gasteiger partial charge in [-0.25, -0.2) is 4.98 Å². The number of piperidine rings is 1. The molecule has 0 aliphatic carbocycles. The predicted molar refractivity (Wildman–Crippen MR) is 93.3 cm³/mol. The van der Waals surface area contributed by atoms with Gasteiger partial charge in [-0.15, -0.1) is 0 Å². The fraction of sp³-hybridized carbons (Fsp3) is 0.421. The highest BCUT2D eigenvalue weighted by Crippen LogP contribution is 2.32. The Morgan fingerprint density at radius 1 is 1.23 bits per heavy atom. The highest BCUT2D eigenvalue weighted by Gasteiger charge is 2.25. The van der Waals surface area contributed by atoms with Crippen LogP contribution >= 0.6 is 0 Å². The summed E-state index contributed by atoms with van der Waals surface area (Å²) in [5.74, 6) is 2.86. The number of carbonyl (C=O) groups excluding carboxylic acids is 1. The van der Waals surface area contributed by atoms with E-state index in [1.807, 2.05) is 30.0 Å². The lowest BCUT2D eigenvalue weighted by molar-refractivity contribution is -0.132. The van der Waals surface area contributed by atoms with E-state index in [1.54, 1.807) is 12.3 Å². The molecule has 7 heteroatoms. The molecular weight excluding hydrogens is 334 g/mol. The molecule has 0 atom stereocenters. The molecule has 0 unspecified atom stereocenters. The van der Waals surface area contributed by atoms with Crippen LogP contribution in [0.1, 0.15) is 24.2 Å². The fourth-order valence-electron chi connectivity index (χ4n) is 3.23. The number of likely N-dealkylation sites (tertiary alicyclic amines) is 1. The van der Waals surface area contributed by atoms with Crippen molar-refractivity contribution in [1.82, 2.24) is 14.9 Å². The van der Waals surface area contributed by atoms with Crippen molar-refractivity contribution in [3.63, 3.8) is 0 Å². The van der Waals surface area contributed by atoms with E-state index in [9.17, 15) is 4.79 Å². The van der Waals surface area contributed by atoms with Gasteiger partial charge in [0.15, 0.2) is 11.5 Å². The summed E-state index contributed by atoms with van der Waals surface area (Å²) in [6.07, 6.45) is 3.75. The summed E-state index contributed by atoms with van der Waals surface area (Å²) in [5.41, 5.74) is 0.939. The normalized spacial score (nSPS) is 16.6. The Bertz CT molecular complexity index is 803. The zero-order valence-electron chi connectivity index (χ0n) is 14.7. The van der Waals surface area contributed by atoms with Gasteiger partial charge in [-0.3, -0.25) is 4.79 Å². The summed E-state index contributed by atoms with van der Waals surface area (Å²) in [6.45, 7) is 3.46. The van der Waals surface area contributed by atoms with Crippen LogP contribution in [0.4, 0.5) is 0 Å². The summed E-state index contributed by atoms with van der Waals surface area (Å²) in [7, 11) is 0. The van der Waals surface area contributed by atoms with E-state index in [4.69, 9.17) is 14.2 Å². The average molecular weight is 355 g/mol. The Morgan fingerprint density at radius 2 is 2.04 bits per heavy atom. The van der Waals surface area contributed by atoms with Gasteiger partial charge in [0.25, 0.3) is 0 Å². The molecule has 1 amide bonds. The summed E-state index contributed by atoms with van der Waals surface area (Å²) in [5, 5.41) is 0. The summed E-state index contributed by atoms with van der Waals surface area (Å²) >= 11 is 0. The molecular formula is C19H21N3O4. The zero-order valence-corrected chi connectivity index (χ0v) is 14.7. The van der Waals surface area contributed by atoms with Crippen molar-refractivity contribution in [2.24, 2.45) is 0 Å². The number of amides is 1. The largest absolute Gasteiger partial charge is 0.474 e. The number of benzene rings is 1. The SMILES string of the molecule is Cc1nccc(OC2CCN(C(=O)Cc3ccc4c(c3)OCO4)CC2)n1. The third-order valence-electron chi connectivity index (χ3n) is 4.62. The molecule has 0 bridgehead atoms. The van der Waals surface area contributed by atoms with E-state index in [0.717, 1.165) is 24.2 Å². The number of hydrogen-bond donors (Lipinski definition) is 0. The van der Waals surface area contributed by atoms with Crippen molar-refractivity contribution in [2.45, 2.75) is 32.3 Å². The van der Waals surface area contributed by atoms with Crippen molar-refractivity contribution in [3.05, 3.63) is 41.9 Å². The van der Waals surface area contributed by atoms with Gasteiger partial charge in [-0.05, 0) is 24.6 Å². The standard InChI is InChI=1S/C19H21N3O4/c1-13-20-7-4-18(21-13)26-15-5-8-22(9-6-15)19(23)11-14-2-3-16-17(10-14)25-12-24-16/h2-4,7,10,15H,5-6,8-9,11-12H2,1H3. The summed E-state index contributed by atoms with van der Waals surface area (Å²) in [6, 6.07) is 7.42. The molecule has 1 fully saturated rings. The van der Waals surface area contributed by atoms with Crippen LogP contribution in [0.5, 0.6) is 17.4 Å². The zero-order chi connectivity index (χ0) is 17.9. The second-order valence-corrected chi connectivity index (χ2v) is 6.50. The van der Waals surface area contributed by atoms with Crippen LogP contribution in [0, 0.1) is 6.92 Å². The minimum Gasteiger partial charge on any atom is -0.474 e. The van der Waals surface area contributed by atoms with Crippen molar-refractivity contribution >= 4 is 5.91 Å². The Balaban J connectivity index is 1.29. The van der Waals surface area contributed by atoms with Crippen LogP contribution < -0.4 is 14.2 Å². The molecule has 0 spiro atoms. The van der Waals surface area contributed by atoms with E-state index >= 15 is 0 Å². The molecule has 26 heavy (non-hydrogen) atoms. The number of hydrogen-bond acceptors (Lipinski definition) is 6. The molecule has 1 saturated heterocycles. The molecule has 1 aromatic carbocycles. The van der Waals surface area contributed by atoms with Crippen LogP contribution in [-0.4, -0.2) is 46.8 Å². The first kappa shape index (κ1) is 16.6. The monoisotopic (exact) mass is 355 g/mol. The quantitative estimate of drug-likeness (QED) is 0.836. The summed E-state index contributed by atoms with van der Waals surface area (Å²) < 4.78 is 16.6. The maximum atomic E-state index is 12.6. The first-order valence-electron chi connectivity index (χ1n) is 8.80. The van der Waals surface area contributed by atoms with E-state index in [2.05, 4.69) is 9.97 Å². The van der Waals surface area contributed by atoms with E-state index in [-0.39, 0.29) is 18.8 Å². The number of fused-ring (bicyclic) bond motifs is 1. The Kier molecular flexibility index (Phi) is 4.60. The lowest BCUT2D eigenvalue weighted by Crippen LogP contribution is -2.42. The van der Waals surface area contributed by atoms with Crippen LogP contribution in [0.2, 0.25) is 0 Å². The number of carbonyl (C=O) groups is 1. The van der Waals surface area contributed by atoms with Crippen molar-refractivity contribution in [2.75, 3.05) is 19.9 Å². The molecule has 2 aliphatic rings. The van der Waals surface area contributed by atoms with Crippen LogP contribution in [0.3, 0.4) is 0 Å². The Morgan fingerprint density at radius 3 is 2.85 bits per heavy atom. The lowest BCUT2D eigenvalue weighted by atomic mass is 10.1. The second-order valence-electron chi connectivity index (χ2n) is 6.50. The molecule has 0 saturated carbocycles. The smallest absolute Gasteiger partial charge is 0.231 e. The number of aromatic nitrogens is 2. The predicted octanol–water partition coefficient (Wildman–Crippen LogP) is 2.13.